The van der Waals surface area contributed by atoms with Crippen molar-refractivity contribution in [3.05, 3.63) is 78.6 Å². The number of aliphatic hydroxyl groups is 2. The predicted octanol–water partition coefficient (Wildman–Crippen LogP) is 5.63. The monoisotopic (exact) mass is 834 g/mol. The number of benzene rings is 2. The Hall–Kier alpha value is -5.64. The van der Waals surface area contributed by atoms with Gasteiger partial charge < -0.3 is 54.3 Å². The molecule has 0 saturated carbocycles. The Labute approximate surface area is 350 Å². The molecule has 15 heteroatoms. The summed E-state index contributed by atoms with van der Waals surface area (Å²) in [6.45, 7) is 19.7. The van der Waals surface area contributed by atoms with Gasteiger partial charge in [-0.25, -0.2) is 0 Å². The first-order valence-corrected chi connectivity index (χ1v) is 19.7. The summed E-state index contributed by atoms with van der Waals surface area (Å²) >= 11 is 0. The number of anilines is 1. The van der Waals surface area contributed by atoms with Crippen LogP contribution in [0.25, 0.3) is 10.8 Å². The van der Waals surface area contributed by atoms with Crippen molar-refractivity contribution in [2.45, 2.75) is 85.6 Å². The van der Waals surface area contributed by atoms with Crippen LogP contribution in [0.4, 0.5) is 5.69 Å². The molecule has 0 radical (unpaired) electrons. The van der Waals surface area contributed by atoms with Gasteiger partial charge >= 0.3 is 11.8 Å². The predicted molar refractivity (Wildman–Crippen MR) is 225 cm³/mol. The van der Waals surface area contributed by atoms with Gasteiger partial charge in [-0.15, -0.1) is 13.2 Å². The molecule has 3 heterocycles. The number of ketones is 1. The molecule has 2 aromatic carbocycles. The van der Waals surface area contributed by atoms with Crippen LogP contribution in [0, 0.1) is 30.6 Å². The zero-order valence-corrected chi connectivity index (χ0v) is 35.7. The first-order valence-electron chi connectivity index (χ1n) is 19.7. The number of fused-ring (bicyclic) bond motifs is 14. The highest BCUT2D eigenvalue weighted by Gasteiger charge is 2.49. The smallest absolute Gasteiger partial charge is 0.312 e. The second-order valence-corrected chi connectivity index (χ2v) is 15.6. The van der Waals surface area contributed by atoms with Crippen LogP contribution < -0.4 is 14.8 Å². The zero-order valence-electron chi connectivity index (χ0n) is 35.7. The molecule has 0 unspecified atom stereocenters. The highest BCUT2D eigenvalue weighted by atomic mass is 16.7. The maximum Gasteiger partial charge on any atom is 0.312 e. The molecule has 326 valence electrons. The van der Waals surface area contributed by atoms with Gasteiger partial charge in [-0.2, -0.15) is 0 Å². The van der Waals surface area contributed by atoms with Crippen LogP contribution in [0.5, 0.6) is 23.0 Å². The number of esters is 1. The lowest BCUT2D eigenvalue weighted by Crippen LogP contribution is -2.46. The van der Waals surface area contributed by atoms with Crippen LogP contribution in [-0.2, 0) is 28.6 Å². The third-order valence-corrected chi connectivity index (χ3v) is 11.2. The molecule has 0 fully saturated rings. The van der Waals surface area contributed by atoms with E-state index in [2.05, 4.69) is 18.5 Å². The normalized spacial score (nSPS) is 29.4. The summed E-state index contributed by atoms with van der Waals surface area (Å²) in [4.78, 5) is 55.1. The summed E-state index contributed by atoms with van der Waals surface area (Å²) < 4.78 is 29.7. The summed E-state index contributed by atoms with van der Waals surface area (Å²) in [5, 5.41) is 48.4. The summed E-state index contributed by atoms with van der Waals surface area (Å²) in [6, 6.07) is 1.24. The molecule has 9 atom stereocenters. The molecule has 5 rings (SSSR count). The Morgan fingerprint density at radius 2 is 1.62 bits per heavy atom. The van der Waals surface area contributed by atoms with Gasteiger partial charge in [0.1, 0.15) is 23.4 Å². The van der Waals surface area contributed by atoms with Crippen LogP contribution >= 0.6 is 0 Å². The van der Waals surface area contributed by atoms with Gasteiger partial charge in [-0.05, 0) is 19.9 Å². The van der Waals surface area contributed by atoms with Crippen molar-refractivity contribution in [3.63, 3.8) is 0 Å². The molecule has 5 N–H and O–H groups in total. The topological polar surface area (TPSA) is 211 Å². The highest BCUT2D eigenvalue weighted by molar-refractivity contribution is 6.21. The van der Waals surface area contributed by atoms with Gasteiger partial charge in [0, 0.05) is 80.3 Å². The number of amides is 2. The lowest BCUT2D eigenvalue weighted by atomic mass is 9.78. The number of hydrogen-bond donors (Lipinski definition) is 5. The maximum atomic E-state index is 14.5. The van der Waals surface area contributed by atoms with Gasteiger partial charge in [0.25, 0.3) is 17.6 Å². The Kier molecular flexibility index (Phi) is 15.4. The quantitative estimate of drug-likeness (QED) is 0.118. The molecular formula is C45H58N2O13. The molecule has 2 aromatic rings. The second-order valence-electron chi connectivity index (χ2n) is 15.6. The fourth-order valence-corrected chi connectivity index (χ4v) is 7.57. The average Bonchev–Trinajstić information content (AvgIpc) is 3.47. The van der Waals surface area contributed by atoms with Crippen molar-refractivity contribution >= 4 is 40.0 Å². The lowest BCUT2D eigenvalue weighted by molar-refractivity contribution is -0.160. The molecule has 0 aromatic heterocycles. The van der Waals surface area contributed by atoms with E-state index in [1.54, 1.807) is 39.8 Å². The number of nitrogens with zero attached hydrogens (tertiary/aromatic N) is 1. The minimum absolute atomic E-state index is 0.0588. The van der Waals surface area contributed by atoms with E-state index >= 15 is 0 Å². The lowest BCUT2D eigenvalue weighted by Gasteiger charge is -2.38. The minimum atomic E-state index is -2.05. The maximum absolute atomic E-state index is 14.5. The van der Waals surface area contributed by atoms with Crippen molar-refractivity contribution in [1.29, 1.82) is 0 Å². The van der Waals surface area contributed by atoms with Crippen molar-refractivity contribution < 1.29 is 63.3 Å². The number of phenols is 2. The SMILES string of the molecule is C=CCN(CC=C)C(=O)COc1cc2c(O)c3c(O)c(C)c4c(c13)C(=O)[C@@](C)(O/C=C/[C@H](OC)[C@H](C)[C@@H](OC(C)=O)[C@@H](C)[C@H](O)[C@H](C)[C@@H](O)[C@@H](C)/C=C/C=C(/C)C(=O)N2)O4. The molecule has 5 bridgehead atoms. The van der Waals surface area contributed by atoms with Crippen molar-refractivity contribution in [2.24, 2.45) is 23.7 Å². The van der Waals surface area contributed by atoms with E-state index in [1.165, 1.54) is 76.3 Å². The van der Waals surface area contributed by atoms with Gasteiger partial charge in [-0.3, -0.25) is 19.2 Å². The number of carbonyl (C=O) groups excluding carboxylic acids is 4. The third-order valence-electron chi connectivity index (χ3n) is 11.2. The van der Waals surface area contributed by atoms with E-state index in [0.29, 0.717) is 0 Å². The summed E-state index contributed by atoms with van der Waals surface area (Å²) in [6.07, 6.45) is 6.58. The third kappa shape index (κ3) is 9.69. The van der Waals surface area contributed by atoms with Crippen molar-refractivity contribution in [3.8, 4) is 23.0 Å². The van der Waals surface area contributed by atoms with Gasteiger partial charge in [0.15, 0.2) is 12.4 Å². The van der Waals surface area contributed by atoms with Gasteiger partial charge in [0.05, 0.1) is 41.2 Å². The average molecular weight is 835 g/mol. The number of ether oxygens (including phenoxy) is 5. The van der Waals surface area contributed by atoms with E-state index in [9.17, 15) is 39.6 Å². The number of Topliss-reactive ketones (excluding diaryl/α,β-unsaturated/α-hetero) is 1. The highest BCUT2D eigenvalue weighted by Crippen LogP contribution is 2.54. The fraction of sp³-hybridized carbons (Fsp3) is 0.467. The summed E-state index contributed by atoms with van der Waals surface area (Å²) in [7, 11) is 1.43. The van der Waals surface area contributed by atoms with Gasteiger partial charge in [0.2, 0.25) is 0 Å². The Bertz CT molecular complexity index is 2080. The number of phenolic OH excluding ortho intramolecular Hbond substituents is 2. The Balaban J connectivity index is 1.94. The number of rotatable bonds is 9. The first-order chi connectivity index (χ1) is 28.2. The van der Waals surface area contributed by atoms with Crippen molar-refractivity contribution in [1.82, 2.24) is 4.90 Å². The van der Waals surface area contributed by atoms with Crippen LogP contribution in [0.2, 0.25) is 0 Å². The second kappa shape index (κ2) is 19.6. The molecule has 2 amide bonds. The van der Waals surface area contributed by atoms with E-state index in [4.69, 9.17) is 23.7 Å². The molecule has 60 heavy (non-hydrogen) atoms. The fourth-order valence-electron chi connectivity index (χ4n) is 7.57. The Morgan fingerprint density at radius 1 is 0.967 bits per heavy atom. The largest absolute Gasteiger partial charge is 0.507 e. The number of carbonyl (C=O) groups is 4. The first kappa shape index (κ1) is 47.0. The number of allylic oxidation sites excluding steroid dienone is 2. The molecule has 0 saturated heterocycles. The number of aromatic hydroxyl groups is 2. The zero-order chi connectivity index (χ0) is 44.8. The van der Waals surface area contributed by atoms with E-state index in [0.717, 1.165) is 0 Å². The molecule has 0 spiro atoms. The van der Waals surface area contributed by atoms with E-state index in [-0.39, 0.29) is 57.7 Å². The number of hydrogen-bond acceptors (Lipinski definition) is 13. The van der Waals surface area contributed by atoms with Gasteiger partial charge in [-0.1, -0.05) is 58.1 Å². The minimum Gasteiger partial charge on any atom is -0.507 e. The molecule has 3 aliphatic heterocycles. The summed E-state index contributed by atoms with van der Waals surface area (Å²) in [5.41, 5.74) is -0.0962. The molecule has 3 aliphatic rings. The number of methoxy groups -OCH3 is 1. The number of aliphatic hydroxyl groups excluding tert-OH is 2. The van der Waals surface area contributed by atoms with Crippen LogP contribution in [-0.4, -0.2) is 106 Å². The van der Waals surface area contributed by atoms with Crippen LogP contribution in [0.1, 0.15) is 64.4 Å². The van der Waals surface area contributed by atoms with Crippen LogP contribution in [0.3, 0.4) is 0 Å². The standard InChI is InChI=1S/C45H58N2O13/c1-12-18-47(19-13-2)33(49)22-57-32-21-30-40(53)35-34(32)36-42(28(8)39(35)52)60-45(10,43(36)54)58-20-17-31(56-11)25(5)41(59-29(9)48)27(7)38(51)26(6)37(50)23(3)15-14-16-24(4)44(55)46-30/h12-17,20-21,23,25-27,31,37-38,41,50-53H,1-2,18-19,22H2,3-11H3,(H,46,55)/b15-14+,20-17+,24-16-/t23-,25-,26+,27-,31-,37-,38+,41+,45-/m0/s1. The number of nitrogens with one attached hydrogen (secondary N) is 1. The summed E-state index contributed by atoms with van der Waals surface area (Å²) in [5.74, 6) is -8.34. The Morgan fingerprint density at radius 3 is 2.22 bits per heavy atom. The van der Waals surface area contributed by atoms with Crippen molar-refractivity contribution in [2.75, 3.05) is 32.1 Å². The molecule has 15 nitrogen and oxygen atoms in total. The van der Waals surface area contributed by atoms with Crippen LogP contribution in [0.15, 0.2) is 67.5 Å². The van der Waals surface area contributed by atoms with E-state index in [1.807, 2.05) is 0 Å². The molecular weight excluding hydrogens is 776 g/mol. The van der Waals surface area contributed by atoms with E-state index < -0.39 is 95.5 Å². The molecule has 0 aliphatic carbocycles.